The van der Waals surface area contributed by atoms with Crippen LogP contribution in [0.15, 0.2) is 36.5 Å². The van der Waals surface area contributed by atoms with Gasteiger partial charge in [-0.3, -0.25) is 0 Å². The molecule has 6 bridgehead atoms. The molecule has 3 aromatic heterocycles. The van der Waals surface area contributed by atoms with Crippen LogP contribution < -0.4 is 0 Å². The van der Waals surface area contributed by atoms with Crippen LogP contribution in [-0.2, 0) is 22.3 Å². The summed E-state index contributed by atoms with van der Waals surface area (Å²) in [4.78, 5) is 36.4. The highest BCUT2D eigenvalue weighted by Gasteiger charge is 2.41. The van der Waals surface area contributed by atoms with Crippen molar-refractivity contribution in [2.24, 2.45) is 0 Å². The third kappa shape index (κ3) is 4.11. The van der Waals surface area contributed by atoms with Gasteiger partial charge in [0.1, 0.15) is 11.4 Å². The molecule has 0 spiro atoms. The normalized spacial score (nSPS) is 27.5. The molecule has 0 saturated carbocycles. The fourth-order valence-corrected chi connectivity index (χ4v) is 11.1. The van der Waals surface area contributed by atoms with Crippen molar-refractivity contribution in [3.63, 3.8) is 0 Å². The van der Waals surface area contributed by atoms with E-state index in [4.69, 9.17) is 9.47 Å². The average molecular weight is 621 g/mol. The Hall–Kier alpha value is -3.58. The lowest BCUT2D eigenvalue weighted by Crippen LogP contribution is -2.20. The third-order valence-corrected chi connectivity index (χ3v) is 12.6. The Balaban J connectivity index is 1.14. The molecule has 0 radical (unpaired) electrons. The standard InChI is InChI=1S/C38H40N2O4S/c1-3-43-37(41)35-33-23-13-5-19(6-14-23)29(33)25(39-35)17-27-31-21-9-11-22(12-10-21)32(31)28(45-27)18-26-30-20-7-15-24(16-8-20)34(30)36(40-26)38(42)44-4-2/h5,7,9,11,13,15,19-24,39-40H,3-4,6,8,10,12,14,16-18H2,1-2H3. The minimum absolute atomic E-state index is 0.228. The summed E-state index contributed by atoms with van der Waals surface area (Å²) < 4.78 is 11.0. The topological polar surface area (TPSA) is 84.2 Å². The van der Waals surface area contributed by atoms with Crippen LogP contribution in [0.4, 0.5) is 0 Å². The van der Waals surface area contributed by atoms with E-state index in [0.717, 1.165) is 38.5 Å². The van der Waals surface area contributed by atoms with Crippen molar-refractivity contribution in [3.8, 4) is 0 Å². The van der Waals surface area contributed by atoms with E-state index in [2.05, 4.69) is 46.4 Å². The van der Waals surface area contributed by atoms with Crippen molar-refractivity contribution in [3.05, 3.63) is 102 Å². The van der Waals surface area contributed by atoms with E-state index in [0.29, 0.717) is 48.3 Å². The molecule has 0 aromatic carbocycles. The lowest BCUT2D eigenvalue weighted by Gasteiger charge is -2.34. The number of aromatic amines is 2. The maximum absolute atomic E-state index is 13.1. The quantitative estimate of drug-likeness (QED) is 0.195. The number of allylic oxidation sites excluding steroid dienone is 6. The van der Waals surface area contributed by atoms with Gasteiger partial charge in [-0.15, -0.1) is 11.3 Å². The molecule has 9 aliphatic carbocycles. The van der Waals surface area contributed by atoms with Crippen molar-refractivity contribution in [2.45, 2.75) is 101 Å². The number of H-pyrrole nitrogens is 2. The second-order valence-electron chi connectivity index (χ2n) is 13.7. The summed E-state index contributed by atoms with van der Waals surface area (Å²) in [6, 6.07) is 0. The first-order valence-electron chi connectivity index (χ1n) is 17.1. The molecule has 45 heavy (non-hydrogen) atoms. The molecule has 6 atom stereocenters. The predicted octanol–water partition coefficient (Wildman–Crippen LogP) is 8.53. The smallest absolute Gasteiger partial charge is 0.355 e. The summed E-state index contributed by atoms with van der Waals surface area (Å²) >= 11 is 1.96. The Bertz CT molecular complexity index is 1700. The molecule has 6 unspecified atom stereocenters. The summed E-state index contributed by atoms with van der Waals surface area (Å²) in [7, 11) is 0. The Morgan fingerprint density at radius 1 is 0.578 bits per heavy atom. The fraction of sp³-hybridized carbons (Fsp3) is 0.474. The van der Waals surface area contributed by atoms with Gasteiger partial charge in [0.15, 0.2) is 0 Å². The third-order valence-electron chi connectivity index (χ3n) is 11.4. The molecule has 0 fully saturated rings. The number of hydrogen-bond acceptors (Lipinski definition) is 5. The number of ether oxygens (including phenoxy) is 2. The Kier molecular flexibility index (Phi) is 6.45. The molecule has 232 valence electrons. The minimum atomic E-state index is -0.228. The van der Waals surface area contributed by atoms with Crippen molar-refractivity contribution in [1.82, 2.24) is 9.97 Å². The van der Waals surface area contributed by atoms with Crippen LogP contribution in [0.5, 0.6) is 0 Å². The second-order valence-corrected chi connectivity index (χ2v) is 14.9. The summed E-state index contributed by atoms with van der Waals surface area (Å²) in [5.41, 5.74) is 11.8. The highest BCUT2D eigenvalue weighted by atomic mass is 32.1. The number of hydrogen-bond donors (Lipinski definition) is 2. The molecule has 3 aromatic rings. The Labute approximate surface area is 268 Å². The van der Waals surface area contributed by atoms with Crippen LogP contribution in [0.1, 0.15) is 163 Å². The van der Waals surface area contributed by atoms with Gasteiger partial charge >= 0.3 is 11.9 Å². The van der Waals surface area contributed by atoms with E-state index < -0.39 is 0 Å². The van der Waals surface area contributed by atoms with E-state index in [1.54, 1.807) is 0 Å². The Morgan fingerprint density at radius 3 is 1.24 bits per heavy atom. The zero-order chi connectivity index (χ0) is 30.4. The number of thiophene rings is 1. The van der Waals surface area contributed by atoms with Gasteiger partial charge in [-0.25, -0.2) is 9.59 Å². The highest BCUT2D eigenvalue weighted by Crippen LogP contribution is 2.55. The van der Waals surface area contributed by atoms with Gasteiger partial charge in [-0.2, -0.15) is 0 Å². The zero-order valence-electron chi connectivity index (χ0n) is 26.0. The molecule has 0 amide bonds. The Morgan fingerprint density at radius 2 is 0.911 bits per heavy atom. The van der Waals surface area contributed by atoms with Gasteiger partial charge < -0.3 is 19.4 Å². The van der Waals surface area contributed by atoms with E-state index in [1.807, 2.05) is 25.2 Å². The molecule has 6 nitrogen and oxygen atoms in total. The highest BCUT2D eigenvalue weighted by molar-refractivity contribution is 7.12. The first kappa shape index (κ1) is 27.7. The van der Waals surface area contributed by atoms with Gasteiger partial charge in [0.25, 0.3) is 0 Å². The van der Waals surface area contributed by atoms with Crippen LogP contribution in [0.3, 0.4) is 0 Å². The molecular weight excluding hydrogens is 580 g/mol. The number of nitrogens with one attached hydrogen (secondary N) is 2. The van der Waals surface area contributed by atoms with Gasteiger partial charge in [0, 0.05) is 69.5 Å². The van der Waals surface area contributed by atoms with Crippen molar-refractivity contribution in [1.29, 1.82) is 0 Å². The predicted molar refractivity (Wildman–Crippen MR) is 175 cm³/mol. The van der Waals surface area contributed by atoms with Crippen LogP contribution >= 0.6 is 11.3 Å². The second kappa shape index (κ2) is 10.5. The van der Waals surface area contributed by atoms with Gasteiger partial charge in [-0.05, 0) is 85.8 Å². The van der Waals surface area contributed by atoms with E-state index >= 15 is 0 Å². The number of esters is 2. The van der Waals surface area contributed by atoms with Crippen LogP contribution in [0.2, 0.25) is 0 Å². The van der Waals surface area contributed by atoms with E-state index in [-0.39, 0.29) is 23.8 Å². The molecular formula is C38H40N2O4S. The van der Waals surface area contributed by atoms with Crippen LogP contribution in [-0.4, -0.2) is 35.1 Å². The summed E-state index contributed by atoms with van der Waals surface area (Å²) in [5, 5.41) is 0. The molecule has 7 heteroatoms. The zero-order valence-corrected chi connectivity index (χ0v) is 26.9. The maximum Gasteiger partial charge on any atom is 0.355 e. The largest absolute Gasteiger partial charge is 0.461 e. The van der Waals surface area contributed by atoms with Crippen molar-refractivity contribution in [2.75, 3.05) is 13.2 Å². The molecule has 2 N–H and O–H groups in total. The average Bonchev–Trinajstić information content (AvgIpc) is 3.79. The first-order valence-corrected chi connectivity index (χ1v) is 17.9. The molecule has 0 saturated heterocycles. The summed E-state index contributed by atoms with van der Waals surface area (Å²) in [6.07, 6.45) is 22.7. The number of aromatic nitrogens is 2. The van der Waals surface area contributed by atoms with Crippen molar-refractivity contribution < 1.29 is 19.1 Å². The van der Waals surface area contributed by atoms with Crippen LogP contribution in [0, 0.1) is 0 Å². The van der Waals surface area contributed by atoms with Gasteiger partial charge in [0.05, 0.1) is 13.2 Å². The SMILES string of the molecule is CCOC(=O)c1[nH]c(Cc2sc(Cc3[nH]c(C(=O)OCC)c4c3C3C=CC4CC3)c3c2C2C=CC3CC2)c2c1C1C=CC2CC1. The lowest BCUT2D eigenvalue weighted by molar-refractivity contribution is 0.0508. The molecule has 0 aliphatic heterocycles. The molecule has 3 heterocycles. The van der Waals surface area contributed by atoms with Crippen LogP contribution in [0.25, 0.3) is 0 Å². The summed E-state index contributed by atoms with van der Waals surface area (Å²) in [5.74, 6) is 1.74. The maximum atomic E-state index is 13.1. The molecule has 12 rings (SSSR count). The number of carbonyl (C=O) groups is 2. The van der Waals surface area contributed by atoms with Crippen molar-refractivity contribution >= 4 is 23.3 Å². The molecule has 9 aliphatic rings. The number of carbonyl (C=O) groups excluding carboxylic acids is 2. The monoisotopic (exact) mass is 620 g/mol. The van der Waals surface area contributed by atoms with E-state index in [1.165, 1.54) is 67.4 Å². The minimum Gasteiger partial charge on any atom is -0.461 e. The van der Waals surface area contributed by atoms with Gasteiger partial charge in [-0.1, -0.05) is 36.5 Å². The van der Waals surface area contributed by atoms with E-state index in [9.17, 15) is 9.59 Å². The lowest BCUT2D eigenvalue weighted by atomic mass is 9.70. The number of rotatable bonds is 8. The fourth-order valence-electron chi connectivity index (χ4n) is 9.65. The van der Waals surface area contributed by atoms with Gasteiger partial charge in [0.2, 0.25) is 0 Å². The number of fused-ring (bicyclic) bond motifs is 3. The first-order chi connectivity index (χ1) is 22.0. The summed E-state index contributed by atoms with van der Waals surface area (Å²) in [6.45, 7) is 4.50.